The standard InChI is InChI=1S/C15H9F2NO3/c16-10-6-5-9(7-11(10)17)13(19)8-18-12-3-1-2-4-14(12)21-15(18)20/h1-7H,8H2. The molecule has 1 heterocycles. The fourth-order valence-electron chi connectivity index (χ4n) is 2.07. The molecule has 1 aromatic heterocycles. The van der Waals surface area contributed by atoms with Gasteiger partial charge < -0.3 is 4.42 Å². The number of carbonyl (C=O) groups excluding carboxylic acids is 1. The van der Waals surface area contributed by atoms with E-state index in [-0.39, 0.29) is 12.1 Å². The quantitative estimate of drug-likeness (QED) is 0.697. The van der Waals surface area contributed by atoms with Crippen molar-refractivity contribution in [1.82, 2.24) is 4.57 Å². The van der Waals surface area contributed by atoms with Crippen LogP contribution >= 0.6 is 0 Å². The summed E-state index contributed by atoms with van der Waals surface area (Å²) < 4.78 is 32.1. The number of hydrogen-bond donors (Lipinski definition) is 0. The molecule has 0 saturated heterocycles. The molecule has 0 aliphatic rings. The Morgan fingerprint density at radius 1 is 1.10 bits per heavy atom. The van der Waals surface area contributed by atoms with E-state index in [1.165, 1.54) is 6.07 Å². The highest BCUT2D eigenvalue weighted by Gasteiger charge is 2.15. The van der Waals surface area contributed by atoms with Gasteiger partial charge in [0.15, 0.2) is 23.0 Å². The van der Waals surface area contributed by atoms with E-state index in [9.17, 15) is 18.4 Å². The van der Waals surface area contributed by atoms with Crippen molar-refractivity contribution in [2.75, 3.05) is 0 Å². The summed E-state index contributed by atoms with van der Waals surface area (Å²) in [4.78, 5) is 23.8. The third-order valence-electron chi connectivity index (χ3n) is 3.12. The van der Waals surface area contributed by atoms with Crippen LogP contribution in [-0.4, -0.2) is 10.4 Å². The second-order valence-corrected chi connectivity index (χ2v) is 4.47. The maximum absolute atomic E-state index is 13.1. The lowest BCUT2D eigenvalue weighted by Gasteiger charge is -2.03. The van der Waals surface area contributed by atoms with Gasteiger partial charge in [0.2, 0.25) is 0 Å². The number of Topliss-reactive ketones (excluding diaryl/α,β-unsaturated/α-hetero) is 1. The maximum atomic E-state index is 13.1. The first-order valence-electron chi connectivity index (χ1n) is 6.13. The van der Waals surface area contributed by atoms with Crippen LogP contribution in [0.15, 0.2) is 51.7 Å². The summed E-state index contributed by atoms with van der Waals surface area (Å²) >= 11 is 0. The van der Waals surface area contributed by atoms with Crippen LogP contribution in [0, 0.1) is 11.6 Å². The molecule has 0 amide bonds. The molecular formula is C15H9F2NO3. The summed E-state index contributed by atoms with van der Waals surface area (Å²) in [7, 11) is 0. The zero-order valence-electron chi connectivity index (χ0n) is 10.7. The fourth-order valence-corrected chi connectivity index (χ4v) is 2.07. The van der Waals surface area contributed by atoms with Gasteiger partial charge in [0.05, 0.1) is 12.1 Å². The Morgan fingerprint density at radius 3 is 2.62 bits per heavy atom. The highest BCUT2D eigenvalue weighted by Crippen LogP contribution is 2.14. The Kier molecular flexibility index (Phi) is 3.13. The number of hydrogen-bond acceptors (Lipinski definition) is 3. The van der Waals surface area contributed by atoms with Gasteiger partial charge in [-0.2, -0.15) is 0 Å². The Morgan fingerprint density at radius 2 is 1.86 bits per heavy atom. The average Bonchev–Trinajstić information content (AvgIpc) is 2.78. The Balaban J connectivity index is 1.98. The molecule has 0 aliphatic carbocycles. The van der Waals surface area contributed by atoms with Gasteiger partial charge in [0.25, 0.3) is 0 Å². The first kappa shape index (κ1) is 13.2. The number of carbonyl (C=O) groups is 1. The SMILES string of the molecule is O=C(Cn1c(=O)oc2ccccc21)c1ccc(F)c(F)c1. The first-order chi connectivity index (χ1) is 10.1. The van der Waals surface area contributed by atoms with Crippen LogP contribution < -0.4 is 5.76 Å². The van der Waals surface area contributed by atoms with Crippen molar-refractivity contribution in [2.24, 2.45) is 0 Å². The van der Waals surface area contributed by atoms with Crippen LogP contribution in [0.2, 0.25) is 0 Å². The fraction of sp³-hybridized carbons (Fsp3) is 0.0667. The highest BCUT2D eigenvalue weighted by molar-refractivity contribution is 5.96. The van der Waals surface area contributed by atoms with Crippen molar-refractivity contribution in [3.05, 3.63) is 70.2 Å². The van der Waals surface area contributed by atoms with Gasteiger partial charge in [-0.15, -0.1) is 0 Å². The third-order valence-corrected chi connectivity index (χ3v) is 3.12. The van der Waals surface area contributed by atoms with Gasteiger partial charge in [0, 0.05) is 5.56 Å². The maximum Gasteiger partial charge on any atom is 0.420 e. The van der Waals surface area contributed by atoms with E-state index in [1.54, 1.807) is 24.3 Å². The van der Waals surface area contributed by atoms with Gasteiger partial charge in [-0.1, -0.05) is 12.1 Å². The average molecular weight is 289 g/mol. The predicted molar refractivity (Wildman–Crippen MR) is 71.2 cm³/mol. The molecule has 0 saturated carbocycles. The monoisotopic (exact) mass is 289 g/mol. The molecule has 21 heavy (non-hydrogen) atoms. The van der Waals surface area contributed by atoms with Crippen molar-refractivity contribution < 1.29 is 18.0 Å². The van der Waals surface area contributed by atoms with Crippen molar-refractivity contribution in [1.29, 1.82) is 0 Å². The summed E-state index contributed by atoms with van der Waals surface area (Å²) in [6, 6.07) is 9.51. The zero-order chi connectivity index (χ0) is 15.0. The molecule has 0 N–H and O–H groups in total. The van der Waals surface area contributed by atoms with Crippen molar-refractivity contribution in [2.45, 2.75) is 6.54 Å². The van der Waals surface area contributed by atoms with Gasteiger partial charge >= 0.3 is 5.76 Å². The summed E-state index contributed by atoms with van der Waals surface area (Å²) in [6.07, 6.45) is 0. The number of nitrogens with zero attached hydrogens (tertiary/aromatic N) is 1. The van der Waals surface area contributed by atoms with Gasteiger partial charge in [0.1, 0.15) is 0 Å². The minimum Gasteiger partial charge on any atom is -0.408 e. The molecule has 0 fully saturated rings. The van der Waals surface area contributed by atoms with Crippen LogP contribution in [0.4, 0.5) is 8.78 Å². The van der Waals surface area contributed by atoms with E-state index in [0.29, 0.717) is 11.1 Å². The van der Waals surface area contributed by atoms with E-state index >= 15 is 0 Å². The summed E-state index contributed by atoms with van der Waals surface area (Å²) in [5, 5.41) is 0. The molecule has 0 bridgehead atoms. The molecule has 0 radical (unpaired) electrons. The normalized spacial score (nSPS) is 11.0. The van der Waals surface area contributed by atoms with Crippen molar-refractivity contribution in [3.8, 4) is 0 Å². The highest BCUT2D eigenvalue weighted by atomic mass is 19.2. The minimum absolute atomic E-state index is 0.00826. The van der Waals surface area contributed by atoms with Crippen LogP contribution in [-0.2, 0) is 6.54 Å². The lowest BCUT2D eigenvalue weighted by molar-refractivity contribution is 0.0970. The molecule has 0 atom stereocenters. The van der Waals surface area contributed by atoms with Crippen LogP contribution in [0.25, 0.3) is 11.1 Å². The molecule has 2 aromatic carbocycles. The molecular weight excluding hydrogens is 280 g/mol. The lowest BCUT2D eigenvalue weighted by Crippen LogP contribution is -2.20. The minimum atomic E-state index is -1.11. The molecule has 4 nitrogen and oxygen atoms in total. The molecule has 0 aliphatic heterocycles. The molecule has 3 rings (SSSR count). The largest absolute Gasteiger partial charge is 0.420 e. The van der Waals surface area contributed by atoms with E-state index in [4.69, 9.17) is 4.42 Å². The molecule has 0 spiro atoms. The number of aromatic nitrogens is 1. The second kappa shape index (κ2) is 4.97. The number of halogens is 2. The van der Waals surface area contributed by atoms with E-state index < -0.39 is 23.2 Å². The summed E-state index contributed by atoms with van der Waals surface area (Å²) in [5.41, 5.74) is 0.824. The van der Waals surface area contributed by atoms with Crippen LogP contribution in [0.1, 0.15) is 10.4 Å². The first-order valence-corrected chi connectivity index (χ1v) is 6.13. The Hall–Kier alpha value is -2.76. The Labute approximate surface area is 117 Å². The van der Waals surface area contributed by atoms with Gasteiger partial charge in [-0.25, -0.2) is 13.6 Å². The molecule has 0 unspecified atom stereocenters. The molecule has 106 valence electrons. The van der Waals surface area contributed by atoms with Crippen molar-refractivity contribution in [3.63, 3.8) is 0 Å². The second-order valence-electron chi connectivity index (χ2n) is 4.47. The third kappa shape index (κ3) is 2.35. The van der Waals surface area contributed by atoms with Crippen molar-refractivity contribution >= 4 is 16.9 Å². The number of rotatable bonds is 3. The van der Waals surface area contributed by atoms with E-state index in [1.807, 2.05) is 0 Å². The number of ketones is 1. The van der Waals surface area contributed by atoms with Gasteiger partial charge in [-0.05, 0) is 30.3 Å². The number of oxazole rings is 1. The van der Waals surface area contributed by atoms with Crippen LogP contribution in [0.5, 0.6) is 0 Å². The predicted octanol–water partition coefficient (Wildman–Crippen LogP) is 2.76. The van der Waals surface area contributed by atoms with Gasteiger partial charge in [-0.3, -0.25) is 9.36 Å². The Bertz CT molecular complexity index is 895. The lowest BCUT2D eigenvalue weighted by atomic mass is 10.1. The van der Waals surface area contributed by atoms with E-state index in [2.05, 4.69) is 0 Å². The smallest absolute Gasteiger partial charge is 0.408 e. The van der Waals surface area contributed by atoms with E-state index in [0.717, 1.165) is 16.7 Å². The molecule has 6 heteroatoms. The number of benzene rings is 2. The zero-order valence-corrected chi connectivity index (χ0v) is 10.7. The number of fused-ring (bicyclic) bond motifs is 1. The summed E-state index contributed by atoms with van der Waals surface area (Å²) in [5.74, 6) is -3.32. The molecule has 3 aromatic rings. The van der Waals surface area contributed by atoms with Crippen LogP contribution in [0.3, 0.4) is 0 Å². The number of para-hydroxylation sites is 2. The topological polar surface area (TPSA) is 52.2 Å². The summed E-state index contributed by atoms with van der Waals surface area (Å²) in [6.45, 7) is -0.305.